The summed E-state index contributed by atoms with van der Waals surface area (Å²) in [6.45, 7) is 16.9. The fourth-order valence-electron chi connectivity index (χ4n) is 7.71. The van der Waals surface area contributed by atoms with Crippen LogP contribution in [-0.2, 0) is 28.8 Å². The zero-order valence-electron chi connectivity index (χ0n) is 28.6. The van der Waals surface area contributed by atoms with Crippen LogP contribution < -0.4 is 5.48 Å². The van der Waals surface area contributed by atoms with Crippen LogP contribution in [0.25, 0.3) is 22.2 Å². The van der Waals surface area contributed by atoms with Gasteiger partial charge in [0.25, 0.3) is 5.91 Å². The van der Waals surface area contributed by atoms with Crippen LogP contribution in [-0.4, -0.2) is 65.0 Å². The molecule has 2 aliphatic heterocycles. The van der Waals surface area contributed by atoms with Crippen LogP contribution in [0.2, 0.25) is 0 Å². The van der Waals surface area contributed by atoms with Gasteiger partial charge in [-0.25, -0.2) is 5.48 Å². The van der Waals surface area contributed by atoms with E-state index in [1.165, 1.54) is 70.6 Å². The molecule has 0 spiro atoms. The molecule has 4 aliphatic rings. The van der Waals surface area contributed by atoms with Gasteiger partial charge in [-0.15, -0.1) is 0 Å². The first-order chi connectivity index (χ1) is 22.5. The van der Waals surface area contributed by atoms with Crippen LogP contribution in [0.4, 0.5) is 0 Å². The number of hydroxylamine groups is 3. The predicted octanol–water partition coefficient (Wildman–Crippen LogP) is 7.54. The van der Waals surface area contributed by atoms with E-state index in [2.05, 4.69) is 63.9 Å². The highest BCUT2D eigenvalue weighted by Crippen LogP contribution is 2.68. The van der Waals surface area contributed by atoms with E-state index in [0.717, 1.165) is 44.8 Å². The Bertz CT molecular complexity index is 1490. The second-order valence-electron chi connectivity index (χ2n) is 12.3. The largest absolute Gasteiger partial charge is 0.378 e. The molecule has 2 unspecified atom stereocenters. The molecule has 8 nitrogen and oxygen atoms in total. The molecule has 1 amide bonds. The van der Waals surface area contributed by atoms with E-state index in [1.807, 2.05) is 33.8 Å². The summed E-state index contributed by atoms with van der Waals surface area (Å²) in [5.74, 6) is 0.745. The number of amides is 1. The topological polar surface area (TPSA) is 76.0 Å². The van der Waals surface area contributed by atoms with Crippen molar-refractivity contribution in [2.45, 2.75) is 84.6 Å². The zero-order chi connectivity index (χ0) is 33.4. The summed E-state index contributed by atoms with van der Waals surface area (Å²) in [7, 11) is 3.49. The quantitative estimate of drug-likeness (QED) is 0.277. The van der Waals surface area contributed by atoms with Gasteiger partial charge in [-0.2, -0.15) is 14.2 Å². The van der Waals surface area contributed by atoms with Crippen LogP contribution >= 0.6 is 0 Å². The Morgan fingerprint density at radius 1 is 1.02 bits per heavy atom. The highest BCUT2D eigenvalue weighted by Gasteiger charge is 2.60. The number of nitrogens with zero attached hydrogens (tertiary/aromatic N) is 3. The highest BCUT2D eigenvalue weighted by atomic mass is 32.1. The van der Waals surface area contributed by atoms with Gasteiger partial charge >= 0.3 is 0 Å². The maximum Gasteiger partial charge on any atom is 0.276 e. The van der Waals surface area contributed by atoms with Crippen LogP contribution in [0.5, 0.6) is 0 Å². The van der Waals surface area contributed by atoms with Gasteiger partial charge in [0, 0.05) is 66.9 Å². The molecule has 3 fully saturated rings. The second kappa shape index (κ2) is 16.1. The maximum atomic E-state index is 13.1. The minimum atomic E-state index is -0.240. The molecule has 1 saturated heterocycles. The number of hydrogen-bond donors (Lipinski definition) is 1. The predicted molar refractivity (Wildman–Crippen MR) is 188 cm³/mol. The molecule has 0 bridgehead atoms. The molecule has 9 heteroatoms. The van der Waals surface area contributed by atoms with Crippen molar-refractivity contribution < 1.29 is 18.7 Å². The molecular weight excluding hydrogens is 596 g/mol. The van der Waals surface area contributed by atoms with Gasteiger partial charge in [0.05, 0.1) is 18.9 Å². The minimum absolute atomic E-state index is 0.0270. The number of hydrogen-bond acceptors (Lipinski definition) is 7. The summed E-state index contributed by atoms with van der Waals surface area (Å²) in [6.07, 6.45) is 7.43. The number of fused-ring (bicyclic) bond motifs is 7. The SMILES string of the molecule is C=C(N1CCOCC1)C12CC1c1ccccc1-c1c(C3CCCCC3)c3ccc(C(=O)NON(C)C)cc3n1C2.CC.CC.O=S. The molecule has 7 rings (SSSR count). The van der Waals surface area contributed by atoms with E-state index in [9.17, 15) is 4.79 Å². The van der Waals surface area contributed by atoms with E-state index in [0.29, 0.717) is 17.4 Å². The second-order valence-corrected chi connectivity index (χ2v) is 12.3. The smallest absolute Gasteiger partial charge is 0.276 e. The molecule has 250 valence electrons. The molecular formula is C37H52N4O4S. The Hall–Kier alpha value is -3.11. The first-order valence-corrected chi connectivity index (χ1v) is 17.4. The van der Waals surface area contributed by atoms with Crippen molar-refractivity contribution in [1.82, 2.24) is 20.0 Å². The molecule has 2 saturated carbocycles. The number of benzene rings is 2. The molecule has 1 aromatic heterocycles. The molecule has 3 heterocycles. The third-order valence-electron chi connectivity index (χ3n) is 9.77. The number of rotatable bonds is 6. The molecule has 3 aromatic rings. The molecule has 2 atom stereocenters. The van der Waals surface area contributed by atoms with Crippen molar-refractivity contribution in [2.75, 3.05) is 40.4 Å². The molecule has 2 aromatic carbocycles. The van der Waals surface area contributed by atoms with Gasteiger partial charge in [0.15, 0.2) is 12.5 Å². The Kier molecular flexibility index (Phi) is 12.5. The zero-order valence-corrected chi connectivity index (χ0v) is 29.4. The van der Waals surface area contributed by atoms with Crippen LogP contribution in [0, 0.1) is 5.41 Å². The van der Waals surface area contributed by atoms with Gasteiger partial charge < -0.3 is 14.2 Å². The first-order valence-electron chi connectivity index (χ1n) is 17.1. The van der Waals surface area contributed by atoms with Gasteiger partial charge in [-0.05, 0) is 54.4 Å². The summed E-state index contributed by atoms with van der Waals surface area (Å²) < 4.78 is 16.1. The molecule has 0 radical (unpaired) electrons. The fraction of sp³-hybridized carbons (Fsp3) is 0.541. The average molecular weight is 649 g/mol. The van der Waals surface area contributed by atoms with Crippen molar-refractivity contribution in [3.63, 3.8) is 0 Å². The van der Waals surface area contributed by atoms with Gasteiger partial charge in [-0.1, -0.05) is 83.9 Å². The monoisotopic (exact) mass is 648 g/mol. The Balaban J connectivity index is 0.000000758. The number of carbonyl (C=O) groups is 1. The van der Waals surface area contributed by atoms with E-state index in [4.69, 9.17) is 20.5 Å². The van der Waals surface area contributed by atoms with Crippen molar-refractivity contribution in [1.29, 1.82) is 0 Å². The summed E-state index contributed by atoms with van der Waals surface area (Å²) in [5, 5.41) is 2.76. The standard InChI is InChI=1S/C33H40N4O3.2C2H6.OS/c1-22(36-15-17-39-18-16-36)33-20-28(33)25-11-7-8-12-26(25)31-30(23-9-5-4-6-10-23)27-14-13-24(19-29(27)37(31)21-33)32(38)34-40-35(2)3;3*1-2/h7-8,11-14,19,23,28H,1,4-6,9-10,15-18,20-21H2,2-3H3,(H,34,38);2*1-2H3;. The van der Waals surface area contributed by atoms with E-state index < -0.39 is 0 Å². The van der Waals surface area contributed by atoms with Crippen molar-refractivity contribution in [2.24, 2.45) is 5.41 Å². The lowest BCUT2D eigenvalue weighted by atomic mass is 9.81. The molecule has 46 heavy (non-hydrogen) atoms. The Morgan fingerprint density at radius 3 is 2.37 bits per heavy atom. The normalized spacial score (nSPS) is 21.5. The summed E-state index contributed by atoms with van der Waals surface area (Å²) in [5.41, 5.74) is 11.2. The summed E-state index contributed by atoms with van der Waals surface area (Å²) in [4.78, 5) is 20.8. The fourth-order valence-corrected chi connectivity index (χ4v) is 7.71. The lowest BCUT2D eigenvalue weighted by Gasteiger charge is -2.35. The lowest BCUT2D eigenvalue weighted by Crippen LogP contribution is -2.39. The van der Waals surface area contributed by atoms with Crippen LogP contribution in [0.3, 0.4) is 0 Å². The number of morpholine rings is 1. The number of ether oxygens (including phenoxy) is 1. The summed E-state index contributed by atoms with van der Waals surface area (Å²) >= 11 is 2.83. The average Bonchev–Trinajstić information content (AvgIpc) is 3.79. The third-order valence-corrected chi connectivity index (χ3v) is 9.77. The lowest BCUT2D eigenvalue weighted by molar-refractivity contribution is -0.161. The maximum absolute atomic E-state index is 13.1. The van der Waals surface area contributed by atoms with Gasteiger partial charge in [0.1, 0.15) is 0 Å². The Labute approximate surface area is 280 Å². The van der Waals surface area contributed by atoms with E-state index in [1.54, 1.807) is 14.1 Å². The molecule has 1 N–H and O–H groups in total. The number of allylic oxidation sites excluding steroid dienone is 1. The van der Waals surface area contributed by atoms with Crippen molar-refractivity contribution in [3.05, 3.63) is 71.4 Å². The van der Waals surface area contributed by atoms with Gasteiger partial charge in [-0.3, -0.25) is 4.79 Å². The van der Waals surface area contributed by atoms with Crippen molar-refractivity contribution >= 4 is 29.3 Å². The summed E-state index contributed by atoms with van der Waals surface area (Å²) in [6, 6.07) is 15.3. The van der Waals surface area contributed by atoms with E-state index >= 15 is 0 Å². The number of nitrogens with one attached hydrogen (secondary N) is 1. The minimum Gasteiger partial charge on any atom is -0.378 e. The first kappa shape index (κ1) is 35.7. The number of aromatic nitrogens is 1. The van der Waals surface area contributed by atoms with Crippen molar-refractivity contribution in [3.8, 4) is 11.3 Å². The van der Waals surface area contributed by atoms with Crippen LogP contribution in [0.1, 0.15) is 99.5 Å². The third kappa shape index (κ3) is 6.79. The molecule has 2 aliphatic carbocycles. The van der Waals surface area contributed by atoms with E-state index in [-0.39, 0.29) is 11.3 Å². The Morgan fingerprint density at radius 2 is 1.70 bits per heavy atom. The highest BCUT2D eigenvalue weighted by molar-refractivity contribution is 7.44. The van der Waals surface area contributed by atoms with Gasteiger partial charge in [0.2, 0.25) is 0 Å². The number of carbonyl (C=O) groups excluding carboxylic acids is 1. The van der Waals surface area contributed by atoms with Crippen LogP contribution in [0.15, 0.2) is 54.7 Å².